The SMILES string of the molecule is O=C1CCCC=C1Nc1cc(F)ccn1. The highest BCUT2D eigenvalue weighted by atomic mass is 19.1. The molecule has 3 nitrogen and oxygen atoms in total. The van der Waals surface area contributed by atoms with Crippen LogP contribution in [-0.4, -0.2) is 10.8 Å². The molecule has 0 aromatic carbocycles. The first-order valence-corrected chi connectivity index (χ1v) is 4.87. The molecule has 0 spiro atoms. The van der Waals surface area contributed by atoms with E-state index >= 15 is 0 Å². The maximum atomic E-state index is 12.8. The minimum absolute atomic E-state index is 0.0623. The lowest BCUT2D eigenvalue weighted by Gasteiger charge is -2.12. The predicted molar refractivity (Wildman–Crippen MR) is 54.8 cm³/mol. The van der Waals surface area contributed by atoms with Crippen molar-refractivity contribution in [3.63, 3.8) is 0 Å². The molecule has 0 unspecified atom stereocenters. The molecule has 0 radical (unpaired) electrons. The summed E-state index contributed by atoms with van der Waals surface area (Å²) in [5.74, 6) is 0.0696. The van der Waals surface area contributed by atoms with E-state index in [4.69, 9.17) is 0 Å². The first kappa shape index (κ1) is 9.83. The number of nitrogens with zero attached hydrogens (tertiary/aromatic N) is 1. The van der Waals surface area contributed by atoms with E-state index in [9.17, 15) is 9.18 Å². The first-order valence-electron chi connectivity index (χ1n) is 4.87. The molecule has 0 amide bonds. The molecule has 1 N–H and O–H groups in total. The van der Waals surface area contributed by atoms with Crippen LogP contribution in [0.15, 0.2) is 30.1 Å². The van der Waals surface area contributed by atoms with E-state index in [0.717, 1.165) is 12.8 Å². The number of nitrogens with one attached hydrogen (secondary N) is 1. The largest absolute Gasteiger partial charge is 0.338 e. The Labute approximate surface area is 87.0 Å². The zero-order valence-corrected chi connectivity index (χ0v) is 8.16. The summed E-state index contributed by atoms with van der Waals surface area (Å²) in [6.45, 7) is 0. The van der Waals surface area contributed by atoms with Gasteiger partial charge in [-0.25, -0.2) is 9.37 Å². The van der Waals surface area contributed by atoms with Crippen LogP contribution in [-0.2, 0) is 4.79 Å². The van der Waals surface area contributed by atoms with Crippen molar-refractivity contribution in [2.45, 2.75) is 19.3 Å². The molecule has 0 bridgehead atoms. The molecule has 1 aromatic heterocycles. The van der Waals surface area contributed by atoms with Crippen molar-refractivity contribution in [3.8, 4) is 0 Å². The van der Waals surface area contributed by atoms with Gasteiger partial charge in [0.15, 0.2) is 5.78 Å². The number of hydrogen-bond donors (Lipinski definition) is 1. The van der Waals surface area contributed by atoms with Crippen LogP contribution < -0.4 is 5.32 Å². The fourth-order valence-corrected chi connectivity index (χ4v) is 1.49. The van der Waals surface area contributed by atoms with Gasteiger partial charge in [0.05, 0.1) is 5.70 Å². The summed E-state index contributed by atoms with van der Waals surface area (Å²) >= 11 is 0. The van der Waals surface area contributed by atoms with Crippen LogP contribution >= 0.6 is 0 Å². The molecule has 1 aromatic rings. The molecule has 4 heteroatoms. The third-order valence-corrected chi connectivity index (χ3v) is 2.24. The lowest BCUT2D eigenvalue weighted by Crippen LogP contribution is -2.15. The second-order valence-electron chi connectivity index (χ2n) is 3.42. The molecular formula is C11H11FN2O. The zero-order valence-electron chi connectivity index (χ0n) is 8.16. The van der Waals surface area contributed by atoms with Gasteiger partial charge in [-0.3, -0.25) is 4.79 Å². The standard InChI is InChI=1S/C11H11FN2O/c12-8-5-6-13-11(7-8)14-9-3-1-2-4-10(9)15/h3,5-7H,1-2,4H2,(H,13,14). The van der Waals surface area contributed by atoms with Gasteiger partial charge < -0.3 is 5.32 Å². The van der Waals surface area contributed by atoms with Gasteiger partial charge in [0.2, 0.25) is 0 Å². The van der Waals surface area contributed by atoms with Crippen molar-refractivity contribution >= 4 is 11.6 Å². The van der Waals surface area contributed by atoms with Gasteiger partial charge >= 0.3 is 0 Å². The average molecular weight is 206 g/mol. The number of hydrogen-bond acceptors (Lipinski definition) is 3. The third kappa shape index (κ3) is 2.40. The van der Waals surface area contributed by atoms with E-state index < -0.39 is 0 Å². The number of carbonyl (C=O) groups is 1. The number of Topliss-reactive ketones (excluding diaryl/α,β-unsaturated/α-hetero) is 1. The molecule has 0 saturated carbocycles. The Morgan fingerprint density at radius 1 is 1.47 bits per heavy atom. The van der Waals surface area contributed by atoms with Crippen molar-refractivity contribution in [2.24, 2.45) is 0 Å². The van der Waals surface area contributed by atoms with E-state index in [2.05, 4.69) is 10.3 Å². The maximum Gasteiger partial charge on any atom is 0.178 e. The Balaban J connectivity index is 2.14. The highest BCUT2D eigenvalue weighted by Crippen LogP contribution is 2.16. The summed E-state index contributed by atoms with van der Waals surface area (Å²) in [7, 11) is 0. The summed E-state index contributed by atoms with van der Waals surface area (Å²) in [5, 5.41) is 2.83. The van der Waals surface area contributed by atoms with Gasteiger partial charge in [0, 0.05) is 18.7 Å². The normalized spacial score (nSPS) is 16.1. The number of rotatable bonds is 2. The number of allylic oxidation sites excluding steroid dienone is 2. The van der Waals surface area contributed by atoms with Gasteiger partial charge in [-0.1, -0.05) is 6.08 Å². The van der Waals surface area contributed by atoms with E-state index in [1.807, 2.05) is 6.08 Å². The van der Waals surface area contributed by atoms with Crippen molar-refractivity contribution in [3.05, 3.63) is 35.9 Å². The molecule has 0 aliphatic heterocycles. The van der Waals surface area contributed by atoms with E-state index in [-0.39, 0.29) is 11.6 Å². The second-order valence-corrected chi connectivity index (χ2v) is 3.42. The number of carbonyl (C=O) groups excluding carboxylic acids is 1. The summed E-state index contributed by atoms with van der Waals surface area (Å²) in [6.07, 6.45) is 5.52. The van der Waals surface area contributed by atoms with Crippen molar-refractivity contribution < 1.29 is 9.18 Å². The Morgan fingerprint density at radius 2 is 2.33 bits per heavy atom. The van der Waals surface area contributed by atoms with Crippen molar-refractivity contribution in [2.75, 3.05) is 5.32 Å². The highest BCUT2D eigenvalue weighted by molar-refractivity contribution is 5.98. The third-order valence-electron chi connectivity index (χ3n) is 2.24. The van der Waals surface area contributed by atoms with Crippen molar-refractivity contribution in [1.82, 2.24) is 4.98 Å². The van der Waals surface area contributed by atoms with Crippen LogP contribution in [0.1, 0.15) is 19.3 Å². The van der Waals surface area contributed by atoms with E-state index in [1.54, 1.807) is 0 Å². The molecule has 1 heterocycles. The van der Waals surface area contributed by atoms with Gasteiger partial charge in [-0.2, -0.15) is 0 Å². The minimum Gasteiger partial charge on any atom is -0.338 e. The maximum absolute atomic E-state index is 12.8. The van der Waals surface area contributed by atoms with Crippen LogP contribution in [0.3, 0.4) is 0 Å². The molecule has 0 saturated heterocycles. The molecule has 0 atom stereocenters. The van der Waals surface area contributed by atoms with Crippen LogP contribution in [0.2, 0.25) is 0 Å². The number of aromatic nitrogens is 1. The van der Waals surface area contributed by atoms with E-state index in [0.29, 0.717) is 17.9 Å². The lowest BCUT2D eigenvalue weighted by atomic mass is 10.0. The average Bonchev–Trinajstić information content (AvgIpc) is 2.22. The van der Waals surface area contributed by atoms with Crippen LogP contribution in [0, 0.1) is 5.82 Å². The number of pyridine rings is 1. The fraction of sp³-hybridized carbons (Fsp3) is 0.273. The van der Waals surface area contributed by atoms with Gasteiger partial charge in [0.1, 0.15) is 11.6 Å². The molecule has 78 valence electrons. The molecule has 2 rings (SSSR count). The summed E-state index contributed by atoms with van der Waals surface area (Å²) in [4.78, 5) is 15.4. The molecule has 15 heavy (non-hydrogen) atoms. The fourth-order valence-electron chi connectivity index (χ4n) is 1.49. The second kappa shape index (κ2) is 4.21. The first-order chi connectivity index (χ1) is 7.25. The summed E-state index contributed by atoms with van der Waals surface area (Å²) < 4.78 is 12.8. The monoisotopic (exact) mass is 206 g/mol. The predicted octanol–water partition coefficient (Wildman–Crippen LogP) is 2.27. The van der Waals surface area contributed by atoms with Crippen LogP contribution in [0.4, 0.5) is 10.2 Å². The van der Waals surface area contributed by atoms with E-state index in [1.165, 1.54) is 18.3 Å². The minimum atomic E-state index is -0.364. The molecule has 0 fully saturated rings. The number of halogens is 1. The Morgan fingerprint density at radius 3 is 3.07 bits per heavy atom. The van der Waals surface area contributed by atoms with Gasteiger partial charge in [0.25, 0.3) is 0 Å². The summed E-state index contributed by atoms with van der Waals surface area (Å²) in [6, 6.07) is 2.53. The van der Waals surface area contributed by atoms with Crippen LogP contribution in [0.25, 0.3) is 0 Å². The van der Waals surface area contributed by atoms with Crippen LogP contribution in [0.5, 0.6) is 0 Å². The Hall–Kier alpha value is -1.71. The molecule has 1 aliphatic rings. The molecular weight excluding hydrogens is 195 g/mol. The Kier molecular flexibility index (Phi) is 2.76. The van der Waals surface area contributed by atoms with Gasteiger partial charge in [-0.05, 0) is 18.9 Å². The quantitative estimate of drug-likeness (QED) is 0.807. The summed E-state index contributed by atoms with van der Waals surface area (Å²) in [5.41, 5.74) is 0.527. The smallest absolute Gasteiger partial charge is 0.178 e. The zero-order chi connectivity index (χ0) is 10.7. The number of anilines is 1. The van der Waals surface area contributed by atoms with Crippen molar-refractivity contribution in [1.29, 1.82) is 0 Å². The molecule has 1 aliphatic carbocycles. The number of ketones is 1. The van der Waals surface area contributed by atoms with Gasteiger partial charge in [-0.15, -0.1) is 0 Å². The topological polar surface area (TPSA) is 42.0 Å². The highest BCUT2D eigenvalue weighted by Gasteiger charge is 2.13. The Bertz CT molecular complexity index is 415. The lowest BCUT2D eigenvalue weighted by molar-refractivity contribution is -0.115.